The first-order valence-corrected chi connectivity index (χ1v) is 4.97. The summed E-state index contributed by atoms with van der Waals surface area (Å²) in [4.78, 5) is 0. The van der Waals surface area contributed by atoms with E-state index in [0.29, 0.717) is 0 Å². The van der Waals surface area contributed by atoms with E-state index in [4.69, 9.17) is 5.73 Å². The van der Waals surface area contributed by atoms with Crippen molar-refractivity contribution in [3.8, 4) is 0 Å². The number of thiocarbonyl (C=S) groups is 1. The molecule has 1 aromatic rings. The van der Waals surface area contributed by atoms with Crippen molar-refractivity contribution in [3.63, 3.8) is 0 Å². The monoisotopic (exact) mass is 248 g/mol. The fourth-order valence-corrected chi connectivity index (χ4v) is 1.39. The first kappa shape index (κ1) is 12.8. The number of nitrogens with one attached hydrogen (secondary N) is 1. The predicted octanol–water partition coefficient (Wildman–Crippen LogP) is 2.17. The Morgan fingerprint density at radius 2 is 1.88 bits per heavy atom. The molecule has 0 aliphatic carbocycles. The van der Waals surface area contributed by atoms with Gasteiger partial charge in [0.2, 0.25) is 0 Å². The summed E-state index contributed by atoms with van der Waals surface area (Å²) in [7, 11) is 0. The maximum absolute atomic E-state index is 12.7. The topological polar surface area (TPSA) is 38.0 Å². The van der Waals surface area contributed by atoms with Crippen LogP contribution < -0.4 is 11.1 Å². The van der Waals surface area contributed by atoms with E-state index >= 15 is 0 Å². The molecule has 2 nitrogen and oxygen atoms in total. The third kappa shape index (κ3) is 3.69. The average molecular weight is 248 g/mol. The highest BCUT2D eigenvalue weighted by Crippen LogP contribution is 2.33. The Kier molecular flexibility index (Phi) is 4.12. The van der Waals surface area contributed by atoms with Gasteiger partial charge in [-0.25, -0.2) is 0 Å². The fourth-order valence-electron chi connectivity index (χ4n) is 1.31. The number of hydrogen-bond donors (Lipinski definition) is 2. The van der Waals surface area contributed by atoms with Crippen molar-refractivity contribution in [1.29, 1.82) is 0 Å². The van der Waals surface area contributed by atoms with Gasteiger partial charge < -0.3 is 11.1 Å². The maximum atomic E-state index is 12.7. The van der Waals surface area contributed by atoms with Crippen molar-refractivity contribution in [2.24, 2.45) is 5.73 Å². The van der Waals surface area contributed by atoms with Gasteiger partial charge in [-0.1, -0.05) is 30.3 Å². The Hall–Kier alpha value is -1.30. The van der Waals surface area contributed by atoms with E-state index in [0.717, 1.165) is 0 Å². The standard InChI is InChI=1S/C10H11F3N2S/c11-10(12,13)8(6-15-9(14)16)7-4-2-1-3-5-7/h1-5,8H,6H2,(H3,14,15,16). The SMILES string of the molecule is NC(=S)NCC(c1ccccc1)C(F)(F)F. The van der Waals surface area contributed by atoms with Crippen molar-refractivity contribution >= 4 is 17.3 Å². The van der Waals surface area contributed by atoms with Gasteiger partial charge in [0, 0.05) is 6.54 Å². The Labute approximate surface area is 96.6 Å². The van der Waals surface area contributed by atoms with E-state index in [-0.39, 0.29) is 17.2 Å². The molecule has 0 saturated carbocycles. The summed E-state index contributed by atoms with van der Waals surface area (Å²) in [5.74, 6) is -1.60. The van der Waals surface area contributed by atoms with E-state index in [1.807, 2.05) is 0 Å². The molecule has 3 N–H and O–H groups in total. The van der Waals surface area contributed by atoms with Crippen molar-refractivity contribution in [1.82, 2.24) is 5.32 Å². The molecule has 1 rings (SSSR count). The average Bonchev–Trinajstić information content (AvgIpc) is 2.17. The molecule has 0 spiro atoms. The van der Waals surface area contributed by atoms with Crippen molar-refractivity contribution in [2.75, 3.05) is 6.54 Å². The van der Waals surface area contributed by atoms with Crippen LogP contribution in [0.25, 0.3) is 0 Å². The highest BCUT2D eigenvalue weighted by molar-refractivity contribution is 7.80. The first-order chi connectivity index (χ1) is 7.41. The van der Waals surface area contributed by atoms with Crippen LogP contribution in [0.4, 0.5) is 13.2 Å². The minimum atomic E-state index is -4.32. The lowest BCUT2D eigenvalue weighted by molar-refractivity contribution is -0.148. The second kappa shape index (κ2) is 5.16. The van der Waals surface area contributed by atoms with Gasteiger partial charge in [0.05, 0.1) is 5.92 Å². The van der Waals surface area contributed by atoms with Gasteiger partial charge in [-0.3, -0.25) is 0 Å². The molecule has 0 fully saturated rings. The van der Waals surface area contributed by atoms with Gasteiger partial charge in [-0.15, -0.1) is 0 Å². The highest BCUT2D eigenvalue weighted by atomic mass is 32.1. The lowest BCUT2D eigenvalue weighted by Gasteiger charge is -2.21. The molecule has 1 unspecified atom stereocenters. The number of hydrogen-bond acceptors (Lipinski definition) is 1. The zero-order valence-electron chi connectivity index (χ0n) is 8.29. The van der Waals surface area contributed by atoms with Crippen molar-refractivity contribution in [3.05, 3.63) is 35.9 Å². The Balaban J connectivity index is 2.84. The third-order valence-corrected chi connectivity index (χ3v) is 2.22. The summed E-state index contributed by atoms with van der Waals surface area (Å²) < 4.78 is 38.2. The highest BCUT2D eigenvalue weighted by Gasteiger charge is 2.40. The van der Waals surface area contributed by atoms with Crippen molar-refractivity contribution < 1.29 is 13.2 Å². The number of nitrogens with two attached hydrogens (primary N) is 1. The predicted molar refractivity (Wildman–Crippen MR) is 60.0 cm³/mol. The molecular formula is C10H11F3N2S. The van der Waals surface area contributed by atoms with E-state index in [1.165, 1.54) is 12.1 Å². The summed E-state index contributed by atoms with van der Waals surface area (Å²) in [5.41, 5.74) is 5.31. The minimum Gasteiger partial charge on any atom is -0.376 e. The largest absolute Gasteiger partial charge is 0.397 e. The lowest BCUT2D eigenvalue weighted by atomic mass is 9.99. The number of alkyl halides is 3. The van der Waals surface area contributed by atoms with Crippen molar-refractivity contribution in [2.45, 2.75) is 12.1 Å². The molecule has 6 heteroatoms. The summed E-state index contributed by atoms with van der Waals surface area (Å²) >= 11 is 4.49. The Morgan fingerprint density at radius 1 is 1.31 bits per heavy atom. The molecule has 1 aromatic carbocycles. The van der Waals surface area contributed by atoms with Gasteiger partial charge in [0.1, 0.15) is 0 Å². The lowest BCUT2D eigenvalue weighted by Crippen LogP contribution is -2.37. The first-order valence-electron chi connectivity index (χ1n) is 4.56. The molecule has 0 aliphatic rings. The normalized spacial score (nSPS) is 13.2. The molecule has 0 saturated heterocycles. The number of rotatable bonds is 3. The van der Waals surface area contributed by atoms with Crippen LogP contribution in [0.3, 0.4) is 0 Å². The van der Waals surface area contributed by atoms with Crippen LogP contribution in [0.1, 0.15) is 11.5 Å². The molecule has 0 aromatic heterocycles. The van der Waals surface area contributed by atoms with Gasteiger partial charge >= 0.3 is 6.18 Å². The summed E-state index contributed by atoms with van der Waals surface area (Å²) in [5, 5.41) is 2.21. The van der Waals surface area contributed by atoms with Crippen LogP contribution in [0.5, 0.6) is 0 Å². The van der Waals surface area contributed by atoms with Crippen LogP contribution in [0, 0.1) is 0 Å². The van der Waals surface area contributed by atoms with E-state index in [1.54, 1.807) is 18.2 Å². The smallest absolute Gasteiger partial charge is 0.376 e. The maximum Gasteiger partial charge on any atom is 0.397 e. The second-order valence-electron chi connectivity index (χ2n) is 3.25. The minimum absolute atomic E-state index is 0.134. The summed E-state index contributed by atoms with van der Waals surface area (Å²) in [6.45, 7) is -0.344. The summed E-state index contributed by atoms with van der Waals surface area (Å²) in [6.07, 6.45) is -4.32. The molecule has 0 radical (unpaired) electrons. The fraction of sp³-hybridized carbons (Fsp3) is 0.300. The molecule has 0 bridgehead atoms. The van der Waals surface area contributed by atoms with Crippen LogP contribution >= 0.6 is 12.2 Å². The molecule has 1 atom stereocenters. The quantitative estimate of drug-likeness (QED) is 0.805. The Morgan fingerprint density at radius 3 is 2.31 bits per heavy atom. The summed E-state index contributed by atoms with van der Waals surface area (Å²) in [6, 6.07) is 7.65. The van der Waals surface area contributed by atoms with E-state index in [2.05, 4.69) is 17.5 Å². The van der Waals surface area contributed by atoms with Crippen LogP contribution in [0.2, 0.25) is 0 Å². The molecule has 88 valence electrons. The molecule has 0 heterocycles. The van der Waals surface area contributed by atoms with Gasteiger partial charge in [-0.05, 0) is 17.8 Å². The molecule has 0 aliphatic heterocycles. The zero-order chi connectivity index (χ0) is 12.2. The zero-order valence-corrected chi connectivity index (χ0v) is 9.11. The van der Waals surface area contributed by atoms with Crippen LogP contribution in [0.15, 0.2) is 30.3 Å². The number of halogens is 3. The van der Waals surface area contributed by atoms with Crippen LogP contribution in [-0.4, -0.2) is 17.8 Å². The molecular weight excluding hydrogens is 237 g/mol. The van der Waals surface area contributed by atoms with Gasteiger partial charge in [0.25, 0.3) is 0 Å². The third-order valence-electron chi connectivity index (χ3n) is 2.08. The van der Waals surface area contributed by atoms with Gasteiger partial charge in [-0.2, -0.15) is 13.2 Å². The molecule has 16 heavy (non-hydrogen) atoms. The van der Waals surface area contributed by atoms with Gasteiger partial charge in [0.15, 0.2) is 5.11 Å². The van der Waals surface area contributed by atoms with Crippen LogP contribution in [-0.2, 0) is 0 Å². The van der Waals surface area contributed by atoms with E-state index < -0.39 is 12.1 Å². The van der Waals surface area contributed by atoms with E-state index in [9.17, 15) is 13.2 Å². The number of benzene rings is 1. The second-order valence-corrected chi connectivity index (χ2v) is 3.69. The molecule has 0 amide bonds. The Bertz CT molecular complexity index is 351.